The number of methoxy groups -OCH3 is 2. The van der Waals surface area contributed by atoms with Crippen LogP contribution in [0.4, 0.5) is 22.0 Å². The molecule has 0 spiro atoms. The van der Waals surface area contributed by atoms with Gasteiger partial charge in [0.15, 0.2) is 5.65 Å². The number of piperidine rings is 1. The number of aromatic nitrogens is 5. The molecule has 1 aliphatic rings. The Morgan fingerprint density at radius 1 is 0.935 bits per heavy atom. The molecule has 2 N–H and O–H groups in total. The van der Waals surface area contributed by atoms with Crippen molar-refractivity contribution in [3.63, 3.8) is 0 Å². The molecule has 1 aliphatic heterocycles. The quantitative estimate of drug-likeness (QED) is 0.190. The second-order valence-electron chi connectivity index (χ2n) is 12.1. The zero-order valence-electron chi connectivity index (χ0n) is 26.8. The third-order valence-electron chi connectivity index (χ3n) is 7.64. The minimum Gasteiger partial charge on any atom is -0.495 e. The minimum absolute atomic E-state index is 0.267. The van der Waals surface area contributed by atoms with Crippen LogP contribution in [-0.2, 0) is 4.74 Å². The van der Waals surface area contributed by atoms with Gasteiger partial charge in [-0.05, 0) is 70.7 Å². The van der Waals surface area contributed by atoms with Gasteiger partial charge in [-0.3, -0.25) is 4.90 Å². The zero-order valence-corrected chi connectivity index (χ0v) is 26.8. The topological polar surface area (TPSA) is 137 Å². The average Bonchev–Trinajstić information content (AvgIpc) is 3.50. The van der Waals surface area contributed by atoms with Crippen LogP contribution < -0.4 is 24.8 Å². The van der Waals surface area contributed by atoms with Crippen molar-refractivity contribution in [2.75, 3.05) is 31.4 Å². The van der Waals surface area contributed by atoms with Crippen molar-refractivity contribution < 1.29 is 23.7 Å². The fourth-order valence-corrected chi connectivity index (χ4v) is 5.43. The van der Waals surface area contributed by atoms with Crippen LogP contribution in [0.3, 0.4) is 0 Å². The Hall–Kier alpha value is -5.33. The molecule has 0 bridgehead atoms. The third-order valence-corrected chi connectivity index (χ3v) is 7.64. The Bertz CT molecular complexity index is 1890. The lowest BCUT2D eigenvalue weighted by atomic mass is 10.1. The number of ether oxygens (including phenoxy) is 4. The Balaban J connectivity index is 1.29. The van der Waals surface area contributed by atoms with Crippen molar-refractivity contribution in [3.8, 4) is 23.0 Å². The Labute approximate surface area is 266 Å². The maximum Gasteiger partial charge on any atom is 0.411 e. The highest BCUT2D eigenvalue weighted by atomic mass is 16.6. The molecule has 1 unspecified atom stereocenters. The van der Waals surface area contributed by atoms with Gasteiger partial charge in [-0.15, -0.1) is 0 Å². The Morgan fingerprint density at radius 3 is 2.52 bits per heavy atom. The predicted molar refractivity (Wildman–Crippen MR) is 174 cm³/mol. The van der Waals surface area contributed by atoms with Gasteiger partial charge in [-0.2, -0.15) is 5.10 Å². The van der Waals surface area contributed by atoms with E-state index in [2.05, 4.69) is 30.7 Å². The smallest absolute Gasteiger partial charge is 0.411 e. The van der Waals surface area contributed by atoms with E-state index in [9.17, 15) is 4.79 Å². The second kappa shape index (κ2) is 12.6. The standard InChI is InChI=1S/C33H38N8O5/c1-20-13-24(28(44-6)17-26(20)45-21-10-12-41-30(14-21)35-19-37-41)39-31-22-15-25(27(43-5)16-23(22)34-18-36-31)38-29-9-7-8-11-40(29)32(42)46-33(2,3)4/h10,12-19,29,38H,7-9,11H2,1-6H3,(H,34,36,39). The maximum atomic E-state index is 13.1. The lowest BCUT2D eigenvalue weighted by Gasteiger charge is -2.37. The first-order chi connectivity index (χ1) is 22.1. The molecule has 6 rings (SSSR count). The number of pyridine rings is 1. The highest BCUT2D eigenvalue weighted by molar-refractivity contribution is 5.95. The third kappa shape index (κ3) is 6.53. The molecule has 0 radical (unpaired) electrons. The minimum atomic E-state index is -0.590. The summed E-state index contributed by atoms with van der Waals surface area (Å²) < 4.78 is 25.1. The van der Waals surface area contributed by atoms with Crippen molar-refractivity contribution in [2.45, 2.75) is 58.7 Å². The first-order valence-electron chi connectivity index (χ1n) is 15.1. The van der Waals surface area contributed by atoms with Crippen molar-refractivity contribution >= 4 is 39.8 Å². The summed E-state index contributed by atoms with van der Waals surface area (Å²) >= 11 is 0. The number of fused-ring (bicyclic) bond motifs is 2. The van der Waals surface area contributed by atoms with Crippen molar-refractivity contribution in [1.29, 1.82) is 0 Å². The molecule has 1 fully saturated rings. The van der Waals surface area contributed by atoms with Crippen LogP contribution in [0.2, 0.25) is 0 Å². The molecule has 240 valence electrons. The van der Waals surface area contributed by atoms with Gasteiger partial charge in [-0.25, -0.2) is 24.3 Å². The van der Waals surface area contributed by atoms with E-state index in [0.29, 0.717) is 57.9 Å². The number of nitrogens with zero attached hydrogens (tertiary/aromatic N) is 6. The van der Waals surface area contributed by atoms with E-state index in [1.165, 1.54) is 12.7 Å². The monoisotopic (exact) mass is 626 g/mol. The molecule has 1 amide bonds. The largest absolute Gasteiger partial charge is 0.495 e. The number of hydrogen-bond acceptors (Lipinski definition) is 11. The number of amides is 1. The van der Waals surface area contributed by atoms with E-state index in [4.69, 9.17) is 18.9 Å². The number of carbonyl (C=O) groups excluding carboxylic acids is 1. The molecule has 0 aliphatic carbocycles. The number of hydrogen-bond donors (Lipinski definition) is 2. The molecule has 1 saturated heterocycles. The van der Waals surface area contributed by atoms with Crippen LogP contribution in [0.5, 0.6) is 23.0 Å². The average molecular weight is 627 g/mol. The second-order valence-corrected chi connectivity index (χ2v) is 12.1. The highest BCUT2D eigenvalue weighted by Gasteiger charge is 2.31. The molecule has 13 nitrogen and oxygen atoms in total. The zero-order chi connectivity index (χ0) is 32.4. The van der Waals surface area contributed by atoms with E-state index in [0.717, 1.165) is 30.2 Å². The van der Waals surface area contributed by atoms with E-state index in [1.54, 1.807) is 29.8 Å². The van der Waals surface area contributed by atoms with E-state index in [-0.39, 0.29) is 12.3 Å². The van der Waals surface area contributed by atoms with Crippen molar-refractivity contribution in [1.82, 2.24) is 29.5 Å². The lowest BCUT2D eigenvalue weighted by molar-refractivity contribution is 0.0130. The fraction of sp³-hybridized carbons (Fsp3) is 0.364. The number of carbonyl (C=O) groups is 1. The number of rotatable bonds is 8. The summed E-state index contributed by atoms with van der Waals surface area (Å²) in [5, 5.41) is 11.9. The van der Waals surface area contributed by atoms with Gasteiger partial charge in [0.1, 0.15) is 53.2 Å². The molecule has 2 aromatic carbocycles. The summed E-state index contributed by atoms with van der Waals surface area (Å²) in [6.07, 6.45) is 6.85. The molecular formula is C33H38N8O5. The molecule has 4 heterocycles. The van der Waals surface area contributed by atoms with Gasteiger partial charge in [0.05, 0.1) is 31.1 Å². The molecule has 1 atom stereocenters. The number of aryl methyl sites for hydroxylation is 1. The number of anilines is 3. The highest BCUT2D eigenvalue weighted by Crippen LogP contribution is 2.39. The van der Waals surface area contributed by atoms with Gasteiger partial charge in [0, 0.05) is 36.3 Å². The molecule has 0 saturated carbocycles. The molecule has 13 heteroatoms. The first-order valence-corrected chi connectivity index (χ1v) is 15.1. The van der Waals surface area contributed by atoms with Gasteiger partial charge in [-0.1, -0.05) is 0 Å². The Kier molecular flexibility index (Phi) is 8.39. The molecule has 5 aromatic rings. The van der Waals surface area contributed by atoms with Crippen LogP contribution >= 0.6 is 0 Å². The molecule has 46 heavy (non-hydrogen) atoms. The van der Waals surface area contributed by atoms with Gasteiger partial charge in [0.25, 0.3) is 0 Å². The predicted octanol–water partition coefficient (Wildman–Crippen LogP) is 6.69. The van der Waals surface area contributed by atoms with Gasteiger partial charge in [0.2, 0.25) is 0 Å². The fourth-order valence-electron chi connectivity index (χ4n) is 5.43. The summed E-state index contributed by atoms with van der Waals surface area (Å²) in [4.78, 5) is 28.1. The molecule has 3 aromatic heterocycles. The first kappa shape index (κ1) is 30.7. The van der Waals surface area contributed by atoms with Crippen LogP contribution in [0, 0.1) is 6.92 Å². The summed E-state index contributed by atoms with van der Waals surface area (Å²) in [6, 6.07) is 11.2. The SMILES string of the molecule is COc1cc(Oc2ccn3ncnc3c2)c(C)cc1Nc1ncnc2cc(OC)c(NC3CCCCN3C(=O)OC(C)(C)C)cc12. The van der Waals surface area contributed by atoms with Crippen molar-refractivity contribution in [3.05, 3.63) is 60.8 Å². The summed E-state index contributed by atoms with van der Waals surface area (Å²) in [5.74, 6) is 3.01. The van der Waals surface area contributed by atoms with Crippen LogP contribution in [-0.4, -0.2) is 68.1 Å². The summed E-state index contributed by atoms with van der Waals surface area (Å²) in [7, 11) is 3.22. The van der Waals surface area contributed by atoms with E-state index in [1.807, 2.05) is 64.1 Å². The van der Waals surface area contributed by atoms with E-state index >= 15 is 0 Å². The van der Waals surface area contributed by atoms with Crippen LogP contribution in [0.25, 0.3) is 16.6 Å². The van der Waals surface area contributed by atoms with Gasteiger partial charge < -0.3 is 29.6 Å². The number of nitrogens with one attached hydrogen (secondary N) is 2. The summed E-state index contributed by atoms with van der Waals surface area (Å²) in [5.41, 5.74) is 3.08. The normalized spacial score (nSPS) is 15.1. The van der Waals surface area contributed by atoms with E-state index < -0.39 is 5.60 Å². The lowest BCUT2D eigenvalue weighted by Crippen LogP contribution is -2.49. The molecular weight excluding hydrogens is 588 g/mol. The van der Waals surface area contributed by atoms with Gasteiger partial charge >= 0.3 is 6.09 Å². The summed E-state index contributed by atoms with van der Waals surface area (Å²) in [6.45, 7) is 8.17. The van der Waals surface area contributed by atoms with Crippen molar-refractivity contribution in [2.24, 2.45) is 0 Å². The van der Waals surface area contributed by atoms with Crippen LogP contribution in [0.15, 0.2) is 55.2 Å². The number of benzene rings is 2. The number of likely N-dealkylation sites (tertiary alicyclic amines) is 1. The maximum absolute atomic E-state index is 13.1. The Morgan fingerprint density at radius 2 is 1.74 bits per heavy atom. The van der Waals surface area contributed by atoms with Crippen LogP contribution in [0.1, 0.15) is 45.6 Å².